The number of carboxylic acids is 1. The summed E-state index contributed by atoms with van der Waals surface area (Å²) in [6.07, 6.45) is 11.4. The quantitative estimate of drug-likeness (QED) is 0.486. The van der Waals surface area contributed by atoms with Gasteiger partial charge in [-0.05, 0) is 12.3 Å². The normalized spacial score (nSPS) is 11.6. The highest BCUT2D eigenvalue weighted by atomic mass is 16.4. The first-order valence-electron chi connectivity index (χ1n) is 7.88. The molecule has 0 saturated carbocycles. The minimum atomic E-state index is -0.659. The molecular formula is C16H34O2. The zero-order valence-corrected chi connectivity index (χ0v) is 13.0. The van der Waals surface area contributed by atoms with E-state index in [0.717, 1.165) is 18.8 Å². The van der Waals surface area contributed by atoms with Gasteiger partial charge in [0.15, 0.2) is 0 Å². The Hall–Kier alpha value is -0.530. The van der Waals surface area contributed by atoms with Crippen LogP contribution in [0.4, 0.5) is 0 Å². The Kier molecular flexibility index (Phi) is 18.1. The van der Waals surface area contributed by atoms with Crippen molar-refractivity contribution >= 4 is 5.97 Å². The zero-order chi connectivity index (χ0) is 14.2. The van der Waals surface area contributed by atoms with Gasteiger partial charge in [-0.25, -0.2) is 0 Å². The molecule has 0 aromatic rings. The molecule has 0 amide bonds. The number of hydrogen-bond acceptors (Lipinski definition) is 1. The van der Waals surface area contributed by atoms with Crippen molar-refractivity contribution in [2.24, 2.45) is 5.92 Å². The van der Waals surface area contributed by atoms with E-state index in [-0.39, 0.29) is 0 Å². The molecule has 0 aromatic heterocycles. The first kappa shape index (κ1) is 19.8. The van der Waals surface area contributed by atoms with Crippen molar-refractivity contribution in [3.8, 4) is 0 Å². The van der Waals surface area contributed by atoms with Crippen LogP contribution in [-0.4, -0.2) is 11.1 Å². The molecule has 0 spiro atoms. The van der Waals surface area contributed by atoms with Crippen LogP contribution in [0.15, 0.2) is 0 Å². The average molecular weight is 258 g/mol. The maximum absolute atomic E-state index is 10.3. The first-order valence-corrected chi connectivity index (χ1v) is 7.88. The van der Waals surface area contributed by atoms with Crippen molar-refractivity contribution in [2.45, 2.75) is 91.9 Å². The Balaban J connectivity index is 0. The molecule has 1 atom stereocenters. The van der Waals surface area contributed by atoms with Crippen LogP contribution in [0.1, 0.15) is 91.9 Å². The smallest absolute Gasteiger partial charge is 0.303 e. The largest absolute Gasteiger partial charge is 0.481 e. The van der Waals surface area contributed by atoms with Crippen LogP contribution >= 0.6 is 0 Å². The summed E-state index contributed by atoms with van der Waals surface area (Å²) >= 11 is 0. The standard InChI is InChI=1S/C14H28O2.C2H6/c1-3-10-13(2)11-8-6-4-5-7-9-12-14(15)16;1-2/h13H,3-12H2,1-2H3,(H,15,16);1-2H3. The van der Waals surface area contributed by atoms with Gasteiger partial charge in [-0.3, -0.25) is 4.79 Å². The van der Waals surface area contributed by atoms with E-state index in [1.165, 1.54) is 44.9 Å². The van der Waals surface area contributed by atoms with Crippen LogP contribution in [0.3, 0.4) is 0 Å². The summed E-state index contributed by atoms with van der Waals surface area (Å²) in [7, 11) is 0. The van der Waals surface area contributed by atoms with Gasteiger partial charge in [0.25, 0.3) is 0 Å². The maximum atomic E-state index is 10.3. The minimum absolute atomic E-state index is 0.341. The molecule has 0 saturated heterocycles. The monoisotopic (exact) mass is 258 g/mol. The van der Waals surface area contributed by atoms with Crippen LogP contribution in [0.25, 0.3) is 0 Å². The molecular weight excluding hydrogens is 224 g/mol. The van der Waals surface area contributed by atoms with Gasteiger partial charge in [-0.15, -0.1) is 0 Å². The van der Waals surface area contributed by atoms with Crippen molar-refractivity contribution in [1.82, 2.24) is 0 Å². The summed E-state index contributed by atoms with van der Waals surface area (Å²) in [5.41, 5.74) is 0. The van der Waals surface area contributed by atoms with Gasteiger partial charge in [-0.2, -0.15) is 0 Å². The second kappa shape index (κ2) is 16.5. The molecule has 0 aliphatic carbocycles. The molecule has 0 bridgehead atoms. The second-order valence-electron chi connectivity index (χ2n) is 4.95. The van der Waals surface area contributed by atoms with Gasteiger partial charge in [0.05, 0.1) is 0 Å². The highest BCUT2D eigenvalue weighted by molar-refractivity contribution is 5.66. The van der Waals surface area contributed by atoms with E-state index in [0.29, 0.717) is 6.42 Å². The minimum Gasteiger partial charge on any atom is -0.481 e. The van der Waals surface area contributed by atoms with Crippen LogP contribution in [0, 0.1) is 5.92 Å². The van der Waals surface area contributed by atoms with E-state index >= 15 is 0 Å². The molecule has 110 valence electrons. The Morgan fingerprint density at radius 1 is 0.944 bits per heavy atom. The lowest BCUT2D eigenvalue weighted by Crippen LogP contribution is -1.94. The summed E-state index contributed by atoms with van der Waals surface area (Å²) in [6.45, 7) is 8.59. The zero-order valence-electron chi connectivity index (χ0n) is 13.0. The van der Waals surface area contributed by atoms with Gasteiger partial charge in [0.1, 0.15) is 0 Å². The van der Waals surface area contributed by atoms with E-state index in [4.69, 9.17) is 5.11 Å². The average Bonchev–Trinajstić information content (AvgIpc) is 2.35. The van der Waals surface area contributed by atoms with E-state index < -0.39 is 5.97 Å². The lowest BCUT2D eigenvalue weighted by atomic mass is 9.98. The number of rotatable bonds is 11. The summed E-state index contributed by atoms with van der Waals surface area (Å²) in [4.78, 5) is 10.3. The highest BCUT2D eigenvalue weighted by Gasteiger charge is 2.00. The molecule has 0 radical (unpaired) electrons. The Labute approximate surface area is 114 Å². The number of carboxylic acid groups (broad SMARTS) is 1. The lowest BCUT2D eigenvalue weighted by Gasteiger charge is -2.08. The van der Waals surface area contributed by atoms with Crippen LogP contribution in [0.5, 0.6) is 0 Å². The van der Waals surface area contributed by atoms with Crippen LogP contribution in [0.2, 0.25) is 0 Å². The molecule has 0 rings (SSSR count). The third kappa shape index (κ3) is 17.9. The van der Waals surface area contributed by atoms with Crippen molar-refractivity contribution in [3.05, 3.63) is 0 Å². The third-order valence-electron chi connectivity index (χ3n) is 3.12. The summed E-state index contributed by atoms with van der Waals surface area (Å²) in [6, 6.07) is 0. The van der Waals surface area contributed by atoms with Crippen molar-refractivity contribution < 1.29 is 9.90 Å². The van der Waals surface area contributed by atoms with E-state index in [2.05, 4.69) is 13.8 Å². The molecule has 1 N–H and O–H groups in total. The molecule has 18 heavy (non-hydrogen) atoms. The van der Waals surface area contributed by atoms with Crippen molar-refractivity contribution in [1.29, 1.82) is 0 Å². The molecule has 0 fully saturated rings. The molecule has 0 aliphatic rings. The molecule has 0 aliphatic heterocycles. The van der Waals surface area contributed by atoms with Gasteiger partial charge >= 0.3 is 5.97 Å². The predicted molar refractivity (Wildman–Crippen MR) is 80.0 cm³/mol. The Morgan fingerprint density at radius 3 is 1.94 bits per heavy atom. The number of hydrogen-bond donors (Lipinski definition) is 1. The highest BCUT2D eigenvalue weighted by Crippen LogP contribution is 2.15. The van der Waals surface area contributed by atoms with Gasteiger partial charge in [0, 0.05) is 6.42 Å². The molecule has 0 heterocycles. The second-order valence-corrected chi connectivity index (χ2v) is 4.95. The van der Waals surface area contributed by atoms with E-state index in [1.807, 2.05) is 13.8 Å². The van der Waals surface area contributed by atoms with Crippen LogP contribution < -0.4 is 0 Å². The summed E-state index contributed by atoms with van der Waals surface area (Å²) in [5.74, 6) is 0.227. The number of aliphatic carboxylic acids is 1. The molecule has 2 nitrogen and oxygen atoms in total. The fraction of sp³-hybridized carbons (Fsp3) is 0.938. The SMILES string of the molecule is CC.CCCC(C)CCCCCCCCC(=O)O. The van der Waals surface area contributed by atoms with E-state index in [1.54, 1.807) is 0 Å². The molecule has 1 unspecified atom stereocenters. The Bertz CT molecular complexity index is 166. The summed E-state index contributed by atoms with van der Waals surface area (Å²) < 4.78 is 0. The van der Waals surface area contributed by atoms with Gasteiger partial charge in [-0.1, -0.05) is 79.1 Å². The van der Waals surface area contributed by atoms with Gasteiger partial charge < -0.3 is 5.11 Å². The first-order chi connectivity index (χ1) is 8.66. The molecule has 2 heteroatoms. The van der Waals surface area contributed by atoms with E-state index in [9.17, 15) is 4.79 Å². The van der Waals surface area contributed by atoms with Crippen molar-refractivity contribution in [2.75, 3.05) is 0 Å². The topological polar surface area (TPSA) is 37.3 Å². The fourth-order valence-electron chi connectivity index (χ4n) is 2.11. The Morgan fingerprint density at radius 2 is 1.44 bits per heavy atom. The fourth-order valence-corrected chi connectivity index (χ4v) is 2.11. The number of carbonyl (C=O) groups is 1. The third-order valence-corrected chi connectivity index (χ3v) is 3.12. The van der Waals surface area contributed by atoms with Gasteiger partial charge in [0.2, 0.25) is 0 Å². The summed E-state index contributed by atoms with van der Waals surface area (Å²) in [5, 5.41) is 8.47. The predicted octanol–water partition coefficient (Wildman–Crippen LogP) is 5.65. The lowest BCUT2D eigenvalue weighted by molar-refractivity contribution is -0.137. The van der Waals surface area contributed by atoms with Crippen molar-refractivity contribution in [3.63, 3.8) is 0 Å². The van der Waals surface area contributed by atoms with Crippen LogP contribution in [-0.2, 0) is 4.79 Å². The maximum Gasteiger partial charge on any atom is 0.303 e. The number of unbranched alkanes of at least 4 members (excludes halogenated alkanes) is 5. The molecule has 0 aromatic carbocycles.